The van der Waals surface area contributed by atoms with Gasteiger partial charge in [-0.2, -0.15) is 18.3 Å². The molecule has 1 N–H and O–H groups in total. The smallest absolute Gasteiger partial charge is 0.344 e. The fourth-order valence-corrected chi connectivity index (χ4v) is 1.94. The van der Waals surface area contributed by atoms with Gasteiger partial charge in [0.2, 0.25) is 0 Å². The van der Waals surface area contributed by atoms with Crippen LogP contribution in [0.3, 0.4) is 0 Å². The lowest BCUT2D eigenvalue weighted by atomic mass is 10.1. The van der Waals surface area contributed by atoms with Crippen molar-refractivity contribution in [2.45, 2.75) is 19.1 Å². The van der Waals surface area contributed by atoms with Gasteiger partial charge in [0.1, 0.15) is 5.69 Å². The van der Waals surface area contributed by atoms with Crippen molar-refractivity contribution in [3.05, 3.63) is 53.3 Å². The van der Waals surface area contributed by atoms with Gasteiger partial charge in [-0.1, -0.05) is 30.3 Å². The van der Waals surface area contributed by atoms with Crippen LogP contribution in [0.1, 0.15) is 34.7 Å². The van der Waals surface area contributed by atoms with Crippen LogP contribution in [0.25, 0.3) is 0 Å². The molecular formula is C14H14F3N3O. The molecule has 1 aromatic carbocycles. The monoisotopic (exact) mass is 297 g/mol. The summed E-state index contributed by atoms with van der Waals surface area (Å²) in [5.74, 6) is -0.641. The maximum Gasteiger partial charge on any atom is 0.433 e. The number of alkyl halides is 3. The Morgan fingerprint density at radius 1 is 1.29 bits per heavy atom. The summed E-state index contributed by atoms with van der Waals surface area (Å²) in [7, 11) is 1.15. The molecule has 1 aromatic heterocycles. The highest BCUT2D eigenvalue weighted by molar-refractivity contribution is 5.92. The average Bonchev–Trinajstić information content (AvgIpc) is 2.82. The highest BCUT2D eigenvalue weighted by atomic mass is 19.4. The number of hydrogen-bond acceptors (Lipinski definition) is 2. The molecule has 1 amide bonds. The Balaban J connectivity index is 2.14. The molecular weight excluding hydrogens is 283 g/mol. The van der Waals surface area contributed by atoms with E-state index in [9.17, 15) is 18.0 Å². The molecule has 1 heterocycles. The first-order chi connectivity index (χ1) is 9.79. The van der Waals surface area contributed by atoms with Gasteiger partial charge < -0.3 is 5.32 Å². The molecule has 0 aliphatic rings. The SMILES string of the molecule is CC(NC(=O)c1cc(C(F)(F)F)n(C)n1)c1ccccc1. The minimum absolute atomic E-state index is 0.257. The van der Waals surface area contributed by atoms with Crippen LogP contribution < -0.4 is 5.32 Å². The van der Waals surface area contributed by atoms with Crippen molar-refractivity contribution < 1.29 is 18.0 Å². The number of hydrogen-bond donors (Lipinski definition) is 1. The van der Waals surface area contributed by atoms with E-state index in [-0.39, 0.29) is 11.7 Å². The number of nitrogens with one attached hydrogen (secondary N) is 1. The van der Waals surface area contributed by atoms with Gasteiger partial charge in [0.05, 0.1) is 6.04 Å². The van der Waals surface area contributed by atoms with E-state index < -0.39 is 17.8 Å². The number of amides is 1. The number of aryl methyl sites for hydroxylation is 1. The molecule has 0 spiro atoms. The molecule has 0 fully saturated rings. The maximum atomic E-state index is 12.7. The van der Waals surface area contributed by atoms with E-state index in [4.69, 9.17) is 0 Å². The van der Waals surface area contributed by atoms with Gasteiger partial charge in [0.25, 0.3) is 5.91 Å². The molecule has 0 aliphatic carbocycles. The first-order valence-electron chi connectivity index (χ1n) is 6.26. The third-order valence-electron chi connectivity index (χ3n) is 3.05. The van der Waals surface area contributed by atoms with E-state index >= 15 is 0 Å². The van der Waals surface area contributed by atoms with Crippen LogP contribution in [0.2, 0.25) is 0 Å². The number of benzene rings is 1. The molecule has 4 nitrogen and oxygen atoms in total. The van der Waals surface area contributed by atoms with Crippen LogP contribution in [0.5, 0.6) is 0 Å². The van der Waals surface area contributed by atoms with Crippen molar-refractivity contribution in [1.82, 2.24) is 15.1 Å². The lowest BCUT2D eigenvalue weighted by Crippen LogP contribution is -2.27. The Morgan fingerprint density at radius 2 is 1.90 bits per heavy atom. The quantitative estimate of drug-likeness (QED) is 0.947. The fraction of sp³-hybridized carbons (Fsp3) is 0.286. The largest absolute Gasteiger partial charge is 0.433 e. The summed E-state index contributed by atoms with van der Waals surface area (Å²) in [6, 6.07) is 9.55. The van der Waals surface area contributed by atoms with Gasteiger partial charge in [-0.05, 0) is 12.5 Å². The predicted molar refractivity (Wildman–Crippen MR) is 70.5 cm³/mol. The lowest BCUT2D eigenvalue weighted by Gasteiger charge is -2.13. The van der Waals surface area contributed by atoms with Crippen molar-refractivity contribution in [2.75, 3.05) is 0 Å². The highest BCUT2D eigenvalue weighted by Crippen LogP contribution is 2.29. The molecule has 112 valence electrons. The Hall–Kier alpha value is -2.31. The van der Waals surface area contributed by atoms with E-state index in [0.29, 0.717) is 4.68 Å². The first kappa shape index (κ1) is 15.1. The molecule has 0 aliphatic heterocycles. The molecule has 2 aromatic rings. The summed E-state index contributed by atoms with van der Waals surface area (Å²) in [5, 5.41) is 6.23. The zero-order valence-corrected chi connectivity index (χ0v) is 11.5. The van der Waals surface area contributed by atoms with Gasteiger partial charge in [0, 0.05) is 13.1 Å². The third kappa shape index (κ3) is 3.42. The molecule has 1 unspecified atom stereocenters. The molecule has 0 bridgehead atoms. The topological polar surface area (TPSA) is 46.9 Å². The molecule has 2 rings (SSSR count). The van der Waals surface area contributed by atoms with E-state index in [0.717, 1.165) is 18.7 Å². The van der Waals surface area contributed by atoms with Crippen molar-refractivity contribution in [3.8, 4) is 0 Å². The Labute approximate surface area is 119 Å². The minimum Gasteiger partial charge on any atom is -0.344 e. The molecule has 21 heavy (non-hydrogen) atoms. The third-order valence-corrected chi connectivity index (χ3v) is 3.05. The van der Waals surface area contributed by atoms with Crippen LogP contribution in [0, 0.1) is 0 Å². The lowest BCUT2D eigenvalue weighted by molar-refractivity contribution is -0.143. The van der Waals surface area contributed by atoms with Gasteiger partial charge in [-0.15, -0.1) is 0 Å². The number of rotatable bonds is 3. The standard InChI is InChI=1S/C14H14F3N3O/c1-9(10-6-4-3-5-7-10)18-13(21)11-8-12(14(15,16)17)20(2)19-11/h3-9H,1-2H3,(H,18,21). The van der Waals surface area contributed by atoms with Crippen LogP contribution in [-0.2, 0) is 13.2 Å². The van der Waals surface area contributed by atoms with Crippen LogP contribution in [0.15, 0.2) is 36.4 Å². The van der Waals surface area contributed by atoms with Crippen LogP contribution >= 0.6 is 0 Å². The number of nitrogens with zero attached hydrogens (tertiary/aromatic N) is 2. The normalized spacial score (nSPS) is 13.0. The molecule has 0 saturated carbocycles. The second-order valence-electron chi connectivity index (χ2n) is 4.64. The molecule has 7 heteroatoms. The summed E-state index contributed by atoms with van der Waals surface area (Å²) < 4.78 is 38.6. The fourth-order valence-electron chi connectivity index (χ4n) is 1.94. The summed E-state index contributed by atoms with van der Waals surface area (Å²) in [5.41, 5.74) is -0.356. The number of carbonyl (C=O) groups is 1. The van der Waals surface area contributed by atoms with E-state index in [2.05, 4.69) is 10.4 Å². The summed E-state index contributed by atoms with van der Waals surface area (Å²) >= 11 is 0. The predicted octanol–water partition coefficient (Wildman–Crippen LogP) is 2.93. The molecule has 0 saturated heterocycles. The summed E-state index contributed by atoms with van der Waals surface area (Å²) in [4.78, 5) is 12.0. The molecule has 0 radical (unpaired) electrons. The Bertz CT molecular complexity index is 635. The Kier molecular flexibility index (Phi) is 4.02. The number of aromatic nitrogens is 2. The second kappa shape index (κ2) is 5.59. The average molecular weight is 297 g/mol. The van der Waals surface area contributed by atoms with Crippen molar-refractivity contribution in [3.63, 3.8) is 0 Å². The van der Waals surface area contributed by atoms with Crippen LogP contribution in [-0.4, -0.2) is 15.7 Å². The van der Waals surface area contributed by atoms with Gasteiger partial charge in [-0.3, -0.25) is 9.48 Å². The number of halogens is 3. The zero-order valence-electron chi connectivity index (χ0n) is 11.5. The van der Waals surface area contributed by atoms with E-state index in [1.807, 2.05) is 30.3 Å². The zero-order chi connectivity index (χ0) is 15.6. The van der Waals surface area contributed by atoms with Crippen molar-refractivity contribution >= 4 is 5.91 Å². The van der Waals surface area contributed by atoms with Crippen molar-refractivity contribution in [1.29, 1.82) is 0 Å². The second-order valence-corrected chi connectivity index (χ2v) is 4.64. The van der Waals surface area contributed by atoms with Crippen molar-refractivity contribution in [2.24, 2.45) is 7.05 Å². The van der Waals surface area contributed by atoms with E-state index in [1.54, 1.807) is 6.92 Å². The molecule has 1 atom stereocenters. The van der Waals surface area contributed by atoms with Gasteiger partial charge in [-0.25, -0.2) is 0 Å². The number of carbonyl (C=O) groups excluding carboxylic acids is 1. The summed E-state index contributed by atoms with van der Waals surface area (Å²) in [6.07, 6.45) is -4.54. The van der Waals surface area contributed by atoms with Crippen LogP contribution in [0.4, 0.5) is 13.2 Å². The van der Waals surface area contributed by atoms with Gasteiger partial charge in [0.15, 0.2) is 5.69 Å². The minimum atomic E-state index is -4.54. The highest BCUT2D eigenvalue weighted by Gasteiger charge is 2.35. The Morgan fingerprint density at radius 3 is 2.43 bits per heavy atom. The maximum absolute atomic E-state index is 12.7. The summed E-state index contributed by atoms with van der Waals surface area (Å²) in [6.45, 7) is 1.75. The van der Waals surface area contributed by atoms with E-state index in [1.165, 1.54) is 0 Å². The van der Waals surface area contributed by atoms with Gasteiger partial charge >= 0.3 is 6.18 Å². The first-order valence-corrected chi connectivity index (χ1v) is 6.26.